The molecule has 14 heavy (non-hydrogen) atoms. The minimum Gasteiger partial charge on any atom is -0.316 e. The first-order valence-corrected chi connectivity index (χ1v) is 5.41. The Bertz CT molecular complexity index is 395. The Hall–Kier alpha value is -1.19. The molecule has 0 spiro atoms. The fourth-order valence-corrected chi connectivity index (χ4v) is 2.02. The van der Waals surface area contributed by atoms with Crippen LogP contribution < -0.4 is 5.32 Å². The SMILES string of the molecule is CNCc1cccc(-c2nccs2)c1. The maximum Gasteiger partial charge on any atom is 0.123 e. The summed E-state index contributed by atoms with van der Waals surface area (Å²) < 4.78 is 0. The van der Waals surface area contributed by atoms with Gasteiger partial charge in [-0.25, -0.2) is 4.98 Å². The summed E-state index contributed by atoms with van der Waals surface area (Å²) in [5.74, 6) is 0. The highest BCUT2D eigenvalue weighted by atomic mass is 32.1. The van der Waals surface area contributed by atoms with Crippen LogP contribution >= 0.6 is 11.3 Å². The van der Waals surface area contributed by atoms with Gasteiger partial charge in [-0.3, -0.25) is 0 Å². The van der Waals surface area contributed by atoms with Crippen LogP contribution in [0.4, 0.5) is 0 Å². The molecule has 0 aliphatic heterocycles. The number of nitrogens with one attached hydrogen (secondary N) is 1. The van der Waals surface area contributed by atoms with E-state index in [1.54, 1.807) is 11.3 Å². The van der Waals surface area contributed by atoms with Crippen molar-refractivity contribution in [2.45, 2.75) is 6.54 Å². The lowest BCUT2D eigenvalue weighted by Crippen LogP contribution is -2.04. The minimum absolute atomic E-state index is 0.902. The lowest BCUT2D eigenvalue weighted by atomic mass is 10.1. The second-order valence-corrected chi connectivity index (χ2v) is 3.96. The van der Waals surface area contributed by atoms with Gasteiger partial charge >= 0.3 is 0 Å². The molecule has 0 fully saturated rings. The molecule has 0 unspecified atom stereocenters. The van der Waals surface area contributed by atoms with Crippen molar-refractivity contribution in [1.29, 1.82) is 0 Å². The molecule has 2 rings (SSSR count). The smallest absolute Gasteiger partial charge is 0.123 e. The Labute approximate surface area is 87.6 Å². The molecule has 3 heteroatoms. The number of rotatable bonds is 3. The Morgan fingerprint density at radius 2 is 2.36 bits per heavy atom. The first kappa shape index (κ1) is 9.37. The Morgan fingerprint density at radius 3 is 3.07 bits per heavy atom. The molecule has 0 saturated heterocycles. The standard InChI is InChI=1S/C11H12N2S/c1-12-8-9-3-2-4-10(7-9)11-13-5-6-14-11/h2-7,12H,8H2,1H3. The van der Waals surface area contributed by atoms with Crippen molar-refractivity contribution >= 4 is 11.3 Å². The number of thiazole rings is 1. The number of hydrogen-bond donors (Lipinski definition) is 1. The summed E-state index contributed by atoms with van der Waals surface area (Å²) in [5, 5.41) is 6.23. The van der Waals surface area contributed by atoms with Gasteiger partial charge in [0, 0.05) is 23.7 Å². The summed E-state index contributed by atoms with van der Waals surface area (Å²) in [4.78, 5) is 4.29. The molecule has 1 aromatic carbocycles. The number of aromatic nitrogens is 1. The first-order chi connectivity index (χ1) is 6.90. The highest BCUT2D eigenvalue weighted by molar-refractivity contribution is 7.13. The molecule has 0 radical (unpaired) electrons. The number of benzene rings is 1. The van der Waals surface area contributed by atoms with Crippen LogP contribution in [0.25, 0.3) is 10.6 Å². The lowest BCUT2D eigenvalue weighted by Gasteiger charge is -2.01. The Balaban J connectivity index is 2.31. The van der Waals surface area contributed by atoms with E-state index in [1.165, 1.54) is 11.1 Å². The molecular weight excluding hydrogens is 192 g/mol. The summed E-state index contributed by atoms with van der Waals surface area (Å²) in [6.07, 6.45) is 1.84. The van der Waals surface area contributed by atoms with E-state index in [2.05, 4.69) is 34.6 Å². The first-order valence-electron chi connectivity index (χ1n) is 4.53. The van der Waals surface area contributed by atoms with Gasteiger partial charge in [0.15, 0.2) is 0 Å². The second-order valence-electron chi connectivity index (χ2n) is 3.07. The molecule has 0 saturated carbocycles. The third-order valence-electron chi connectivity index (χ3n) is 1.99. The summed E-state index contributed by atoms with van der Waals surface area (Å²) >= 11 is 1.67. The maximum absolute atomic E-state index is 4.29. The van der Waals surface area contributed by atoms with Crippen LogP contribution in [0.5, 0.6) is 0 Å². The zero-order valence-electron chi connectivity index (χ0n) is 8.03. The van der Waals surface area contributed by atoms with E-state index in [4.69, 9.17) is 0 Å². The molecule has 1 aromatic heterocycles. The van der Waals surface area contributed by atoms with Crippen LogP contribution in [0.15, 0.2) is 35.8 Å². The van der Waals surface area contributed by atoms with Crippen molar-refractivity contribution in [1.82, 2.24) is 10.3 Å². The van der Waals surface area contributed by atoms with Gasteiger partial charge in [-0.1, -0.05) is 18.2 Å². The van der Waals surface area contributed by atoms with Crippen LogP contribution in [0.1, 0.15) is 5.56 Å². The van der Waals surface area contributed by atoms with Crippen molar-refractivity contribution in [3.63, 3.8) is 0 Å². The normalized spacial score (nSPS) is 10.4. The summed E-state index contributed by atoms with van der Waals surface area (Å²) in [5.41, 5.74) is 2.49. The van der Waals surface area contributed by atoms with Crippen molar-refractivity contribution < 1.29 is 0 Å². The zero-order chi connectivity index (χ0) is 9.80. The molecule has 0 bridgehead atoms. The molecule has 2 nitrogen and oxygen atoms in total. The zero-order valence-corrected chi connectivity index (χ0v) is 8.84. The van der Waals surface area contributed by atoms with Gasteiger partial charge in [-0.15, -0.1) is 11.3 Å². The summed E-state index contributed by atoms with van der Waals surface area (Å²) in [6, 6.07) is 8.46. The monoisotopic (exact) mass is 204 g/mol. The van der Waals surface area contributed by atoms with E-state index in [-0.39, 0.29) is 0 Å². The molecule has 1 N–H and O–H groups in total. The molecule has 0 amide bonds. The average Bonchev–Trinajstić information content (AvgIpc) is 2.71. The quantitative estimate of drug-likeness (QED) is 0.831. The summed E-state index contributed by atoms with van der Waals surface area (Å²) in [7, 11) is 1.95. The predicted molar refractivity (Wildman–Crippen MR) is 60.3 cm³/mol. The average molecular weight is 204 g/mol. The fourth-order valence-electron chi connectivity index (χ4n) is 1.38. The van der Waals surface area contributed by atoms with E-state index >= 15 is 0 Å². The molecule has 72 valence electrons. The number of nitrogens with zero attached hydrogens (tertiary/aromatic N) is 1. The minimum atomic E-state index is 0.902. The van der Waals surface area contributed by atoms with Crippen LogP contribution in [-0.2, 0) is 6.54 Å². The second kappa shape index (κ2) is 4.35. The molecular formula is C11H12N2S. The van der Waals surface area contributed by atoms with E-state index < -0.39 is 0 Å². The van der Waals surface area contributed by atoms with E-state index in [1.807, 2.05) is 18.6 Å². The van der Waals surface area contributed by atoms with Gasteiger partial charge in [0.2, 0.25) is 0 Å². The molecule has 2 aromatic rings. The van der Waals surface area contributed by atoms with Crippen molar-refractivity contribution in [2.75, 3.05) is 7.05 Å². The van der Waals surface area contributed by atoms with Gasteiger partial charge in [-0.05, 0) is 18.7 Å². The van der Waals surface area contributed by atoms with Gasteiger partial charge < -0.3 is 5.32 Å². The fraction of sp³-hybridized carbons (Fsp3) is 0.182. The molecule has 0 atom stereocenters. The Morgan fingerprint density at radius 1 is 1.43 bits per heavy atom. The van der Waals surface area contributed by atoms with Gasteiger partial charge in [0.05, 0.1) is 0 Å². The molecule has 0 aliphatic rings. The molecule has 0 aliphatic carbocycles. The molecule has 1 heterocycles. The van der Waals surface area contributed by atoms with Crippen LogP contribution in [-0.4, -0.2) is 12.0 Å². The summed E-state index contributed by atoms with van der Waals surface area (Å²) in [6.45, 7) is 0.902. The third-order valence-corrected chi connectivity index (χ3v) is 2.81. The predicted octanol–water partition coefficient (Wildman–Crippen LogP) is 2.53. The highest BCUT2D eigenvalue weighted by Crippen LogP contribution is 2.22. The maximum atomic E-state index is 4.29. The van der Waals surface area contributed by atoms with Crippen molar-refractivity contribution in [2.24, 2.45) is 0 Å². The van der Waals surface area contributed by atoms with Crippen LogP contribution in [0, 0.1) is 0 Å². The van der Waals surface area contributed by atoms with Crippen LogP contribution in [0.3, 0.4) is 0 Å². The van der Waals surface area contributed by atoms with Crippen LogP contribution in [0.2, 0.25) is 0 Å². The lowest BCUT2D eigenvalue weighted by molar-refractivity contribution is 0.818. The largest absolute Gasteiger partial charge is 0.316 e. The Kier molecular flexibility index (Phi) is 2.91. The topological polar surface area (TPSA) is 24.9 Å². The van der Waals surface area contributed by atoms with Crippen molar-refractivity contribution in [3.05, 3.63) is 41.4 Å². The van der Waals surface area contributed by atoms with E-state index in [0.717, 1.165) is 11.6 Å². The highest BCUT2D eigenvalue weighted by Gasteiger charge is 2.00. The van der Waals surface area contributed by atoms with E-state index in [0.29, 0.717) is 0 Å². The van der Waals surface area contributed by atoms with E-state index in [9.17, 15) is 0 Å². The third kappa shape index (κ3) is 2.00. The van der Waals surface area contributed by atoms with Gasteiger partial charge in [-0.2, -0.15) is 0 Å². The van der Waals surface area contributed by atoms with Crippen molar-refractivity contribution in [3.8, 4) is 10.6 Å². The van der Waals surface area contributed by atoms with Gasteiger partial charge in [0.25, 0.3) is 0 Å². The number of hydrogen-bond acceptors (Lipinski definition) is 3. The van der Waals surface area contributed by atoms with Gasteiger partial charge in [0.1, 0.15) is 5.01 Å².